The van der Waals surface area contributed by atoms with Crippen molar-refractivity contribution in [2.75, 3.05) is 0 Å². The summed E-state index contributed by atoms with van der Waals surface area (Å²) < 4.78 is 0. The molecule has 4 heavy (non-hydrogen) atoms. The maximum Gasteiger partial charge on any atom is 0.126 e. The van der Waals surface area contributed by atoms with Crippen LogP contribution in [-0.4, -0.2) is 5.78 Å². The lowest BCUT2D eigenvalue weighted by Gasteiger charge is -1.56. The molecule has 0 N–H and O–H groups in total. The van der Waals surface area contributed by atoms with Crippen molar-refractivity contribution in [3.8, 4) is 0 Å². The van der Waals surface area contributed by atoms with Gasteiger partial charge in [-0.1, -0.05) is 0 Å². The molecule has 0 aliphatic rings. The molecule has 0 saturated heterocycles. The van der Waals surface area contributed by atoms with E-state index in [2.05, 4.69) is 0 Å². The largest absolute Gasteiger partial charge is 0.300 e. The Bertz CT molecular complexity index is 29.9. The highest BCUT2D eigenvalue weighted by molar-refractivity contribution is 5.72. The average molecular weight is 60.1 g/mol. The Balaban J connectivity index is 0. The third-order valence-electron chi connectivity index (χ3n) is 0. The molecule has 0 aliphatic heterocycles. The van der Waals surface area contributed by atoms with E-state index in [9.17, 15) is 4.79 Å². The molecule has 0 aromatic carbocycles. The second-order valence-corrected chi connectivity index (χ2v) is 0.908. The predicted molar refractivity (Wildman–Crippen MR) is 18.5 cm³/mol. The molecule has 0 bridgehead atoms. The van der Waals surface area contributed by atoms with E-state index in [4.69, 9.17) is 0 Å². The molecule has 0 rings (SSSR count). The summed E-state index contributed by atoms with van der Waals surface area (Å²) in [5, 5.41) is 0. The molecule has 0 amide bonds. The van der Waals surface area contributed by atoms with Crippen molar-refractivity contribution in [2.24, 2.45) is 0 Å². The number of Topliss-reactive ketones (excluding diaryl/α,β-unsaturated/α-hetero) is 1. The van der Waals surface area contributed by atoms with E-state index >= 15 is 0 Å². The molecule has 0 atom stereocenters. The molecular weight excluding hydrogens is 52.0 g/mol. The molecule has 0 aliphatic carbocycles. The third kappa shape index (κ3) is 6.88. The SMILES string of the molecule is CC(C)=O.[HH]. The topological polar surface area (TPSA) is 17.1 Å². The summed E-state index contributed by atoms with van der Waals surface area (Å²) in [6.45, 7) is 3.06. The maximum atomic E-state index is 9.44. The zero-order valence-corrected chi connectivity index (χ0v) is 2.91. The van der Waals surface area contributed by atoms with Crippen molar-refractivity contribution in [3.05, 3.63) is 0 Å². The van der Waals surface area contributed by atoms with E-state index in [-0.39, 0.29) is 7.21 Å². The highest BCUT2D eigenvalue weighted by Gasteiger charge is 1.62. The Hall–Kier alpha value is -0.330. The summed E-state index contributed by atoms with van der Waals surface area (Å²) in [5.41, 5.74) is 0. The van der Waals surface area contributed by atoms with Gasteiger partial charge in [-0.2, -0.15) is 0 Å². The first-order chi connectivity index (χ1) is 1.73. The van der Waals surface area contributed by atoms with Gasteiger partial charge in [-0.3, -0.25) is 0 Å². The molecule has 0 aromatic heterocycles. The summed E-state index contributed by atoms with van der Waals surface area (Å²) in [6, 6.07) is 0. The van der Waals surface area contributed by atoms with E-state index < -0.39 is 0 Å². The number of hydrogen-bond donors (Lipinski definition) is 0. The molecule has 0 spiro atoms. The minimum atomic E-state index is 0. The van der Waals surface area contributed by atoms with Gasteiger partial charge in [0.1, 0.15) is 5.78 Å². The monoisotopic (exact) mass is 60.1 g/mol. The van der Waals surface area contributed by atoms with Crippen LogP contribution in [0.5, 0.6) is 0 Å². The van der Waals surface area contributed by atoms with Gasteiger partial charge in [-0.15, -0.1) is 0 Å². The number of carbonyl (C=O) groups excluding carboxylic acids is 1. The van der Waals surface area contributed by atoms with Gasteiger partial charge >= 0.3 is 0 Å². The standard InChI is InChI=1S/C3H6O.H2/c1-3(2)4;/h1-2H3;1H. The Morgan fingerprint density at radius 3 is 1.75 bits per heavy atom. The normalized spacial score (nSPS) is 6.50. The fourth-order valence-corrected chi connectivity index (χ4v) is 0. The number of carbonyl (C=O) groups is 1. The van der Waals surface area contributed by atoms with Gasteiger partial charge in [0.05, 0.1) is 0 Å². The van der Waals surface area contributed by atoms with Gasteiger partial charge in [0, 0.05) is 1.43 Å². The highest BCUT2D eigenvalue weighted by atomic mass is 16.1. The summed E-state index contributed by atoms with van der Waals surface area (Å²) in [4.78, 5) is 9.44. The van der Waals surface area contributed by atoms with Crippen LogP contribution in [0, 0.1) is 0 Å². The summed E-state index contributed by atoms with van der Waals surface area (Å²) in [5.74, 6) is 0.167. The molecule has 0 unspecified atom stereocenters. The van der Waals surface area contributed by atoms with Crippen molar-refractivity contribution < 1.29 is 6.22 Å². The van der Waals surface area contributed by atoms with Gasteiger partial charge in [0.25, 0.3) is 0 Å². The summed E-state index contributed by atoms with van der Waals surface area (Å²) >= 11 is 0. The van der Waals surface area contributed by atoms with Gasteiger partial charge in [-0.05, 0) is 13.8 Å². The first-order valence-electron chi connectivity index (χ1n) is 1.20. The number of rotatable bonds is 0. The van der Waals surface area contributed by atoms with E-state index in [0.717, 1.165) is 0 Å². The predicted octanol–water partition coefficient (Wildman–Crippen LogP) is 0.841. The van der Waals surface area contributed by atoms with Crippen LogP contribution in [0.4, 0.5) is 0 Å². The van der Waals surface area contributed by atoms with E-state index in [1.807, 2.05) is 0 Å². The second-order valence-electron chi connectivity index (χ2n) is 0.908. The summed E-state index contributed by atoms with van der Waals surface area (Å²) in [6.07, 6.45) is 0. The molecule has 1 heteroatoms. The van der Waals surface area contributed by atoms with Crippen LogP contribution in [0.2, 0.25) is 0 Å². The highest BCUT2D eigenvalue weighted by Crippen LogP contribution is 1.50. The molecule has 1 nitrogen and oxygen atoms in total. The average Bonchev–Trinajstić information content (AvgIpc) is 0.811. The van der Waals surface area contributed by atoms with Crippen LogP contribution in [0.1, 0.15) is 15.3 Å². The lowest BCUT2D eigenvalue weighted by atomic mass is 10.6. The quantitative estimate of drug-likeness (QED) is 0.405. The first-order valence-corrected chi connectivity index (χ1v) is 1.20. The fraction of sp³-hybridized carbons (Fsp3) is 0.667. The van der Waals surface area contributed by atoms with Gasteiger partial charge in [0.15, 0.2) is 0 Å². The molecule has 0 radical (unpaired) electrons. The van der Waals surface area contributed by atoms with Crippen LogP contribution >= 0.6 is 0 Å². The zero-order valence-electron chi connectivity index (χ0n) is 2.91. The van der Waals surface area contributed by atoms with Crippen molar-refractivity contribution >= 4 is 5.78 Å². The van der Waals surface area contributed by atoms with Crippen molar-refractivity contribution in [1.82, 2.24) is 0 Å². The summed E-state index contributed by atoms with van der Waals surface area (Å²) in [7, 11) is 0. The molecule has 0 fully saturated rings. The molecule has 26 valence electrons. The molecule has 0 saturated carbocycles. The third-order valence-corrected chi connectivity index (χ3v) is 0. The van der Waals surface area contributed by atoms with E-state index in [1.54, 1.807) is 0 Å². The maximum absolute atomic E-state index is 9.44. The smallest absolute Gasteiger partial charge is 0.126 e. The molecule has 0 aromatic rings. The van der Waals surface area contributed by atoms with Crippen LogP contribution < -0.4 is 0 Å². The van der Waals surface area contributed by atoms with Gasteiger partial charge < -0.3 is 4.79 Å². The van der Waals surface area contributed by atoms with Crippen LogP contribution in [0.3, 0.4) is 0 Å². The van der Waals surface area contributed by atoms with Crippen LogP contribution in [0.15, 0.2) is 0 Å². The first kappa shape index (κ1) is 3.67. The zero-order chi connectivity index (χ0) is 3.58. The minimum absolute atomic E-state index is 0. The lowest BCUT2D eigenvalue weighted by Crippen LogP contribution is -1.69. The molecular formula is C3H8O. The van der Waals surface area contributed by atoms with Crippen molar-refractivity contribution in [1.29, 1.82) is 0 Å². The fourth-order valence-electron chi connectivity index (χ4n) is 0. The second kappa shape index (κ2) is 1.04. The minimum Gasteiger partial charge on any atom is -0.300 e. The Morgan fingerprint density at radius 2 is 1.75 bits per heavy atom. The lowest BCUT2D eigenvalue weighted by molar-refractivity contribution is -0.114. The number of hydrogen-bond acceptors (Lipinski definition) is 1. The van der Waals surface area contributed by atoms with Crippen LogP contribution in [-0.2, 0) is 4.79 Å². The van der Waals surface area contributed by atoms with Crippen molar-refractivity contribution in [2.45, 2.75) is 13.8 Å². The number of ketones is 1. The Morgan fingerprint density at radius 1 is 1.75 bits per heavy atom. The van der Waals surface area contributed by atoms with Crippen LogP contribution in [0.25, 0.3) is 0 Å². The molecule has 0 heterocycles. The van der Waals surface area contributed by atoms with E-state index in [1.165, 1.54) is 13.8 Å². The Labute approximate surface area is 27.1 Å². The van der Waals surface area contributed by atoms with Crippen molar-refractivity contribution in [3.63, 3.8) is 0 Å². The van der Waals surface area contributed by atoms with Gasteiger partial charge in [0.2, 0.25) is 0 Å². The van der Waals surface area contributed by atoms with Gasteiger partial charge in [-0.25, -0.2) is 0 Å². The van der Waals surface area contributed by atoms with E-state index in [0.29, 0.717) is 0 Å². The Kier molecular flexibility index (Phi) is 0.958.